The molecule has 2 amide bonds. The number of aromatic amines is 1. The van der Waals surface area contributed by atoms with Gasteiger partial charge in [0.05, 0.1) is 16.9 Å². The maximum Gasteiger partial charge on any atom is 0.255 e. The predicted molar refractivity (Wildman–Crippen MR) is 165 cm³/mol. The van der Waals surface area contributed by atoms with Crippen LogP contribution in [0.4, 0.5) is 23.0 Å². The van der Waals surface area contributed by atoms with Crippen LogP contribution in [0.2, 0.25) is 5.02 Å². The highest BCUT2D eigenvalue weighted by molar-refractivity contribution is 6.32. The number of anilines is 4. The average molecular weight is 566 g/mol. The lowest BCUT2D eigenvalue weighted by Crippen LogP contribution is -2.13. The molecule has 206 valence electrons. The summed E-state index contributed by atoms with van der Waals surface area (Å²) in [6.07, 6.45) is 5.41. The van der Waals surface area contributed by atoms with Gasteiger partial charge in [-0.25, -0.2) is 9.97 Å². The van der Waals surface area contributed by atoms with Crippen LogP contribution in [0.3, 0.4) is 0 Å². The third kappa shape index (κ3) is 7.09. The Kier molecular flexibility index (Phi) is 8.26. The van der Waals surface area contributed by atoms with E-state index < -0.39 is 0 Å². The molecule has 10 heteroatoms. The normalized spacial score (nSPS) is 11.0. The number of amides is 2. The molecule has 0 saturated carbocycles. The van der Waals surface area contributed by atoms with E-state index in [4.69, 9.17) is 11.6 Å². The lowest BCUT2D eigenvalue weighted by Gasteiger charge is -2.10. The summed E-state index contributed by atoms with van der Waals surface area (Å²) in [5.41, 5.74) is 4.71. The zero-order chi connectivity index (χ0) is 28.8. The van der Waals surface area contributed by atoms with E-state index in [0.717, 1.165) is 16.6 Å². The van der Waals surface area contributed by atoms with E-state index in [1.165, 1.54) is 0 Å². The fourth-order valence-electron chi connectivity index (χ4n) is 4.11. The Morgan fingerprint density at radius 1 is 0.927 bits per heavy atom. The van der Waals surface area contributed by atoms with Crippen molar-refractivity contribution in [1.29, 1.82) is 0 Å². The number of nitrogens with one attached hydrogen (secondary N) is 4. The molecular formula is C31H28ClN7O2. The number of hydrogen-bond acceptors (Lipinski definition) is 6. The SMILES string of the molecule is CN(C)/C=C/CC(=O)Nc1ccc(C(=O)Nc2cccc(Nc3ncc(Cl)c(-c4cc5ccccc5[nH]4)n3)c2)cc1. The van der Waals surface area contributed by atoms with Crippen molar-refractivity contribution in [2.45, 2.75) is 6.42 Å². The van der Waals surface area contributed by atoms with E-state index in [2.05, 4.69) is 30.9 Å². The molecule has 3 aromatic carbocycles. The van der Waals surface area contributed by atoms with E-state index in [1.807, 2.05) is 67.7 Å². The summed E-state index contributed by atoms with van der Waals surface area (Å²) in [7, 11) is 3.78. The van der Waals surface area contributed by atoms with E-state index in [1.54, 1.807) is 48.7 Å². The van der Waals surface area contributed by atoms with Gasteiger partial charge in [0.2, 0.25) is 11.9 Å². The van der Waals surface area contributed by atoms with Crippen LogP contribution >= 0.6 is 11.6 Å². The Hall–Kier alpha value is -5.15. The van der Waals surface area contributed by atoms with Crippen molar-refractivity contribution in [3.63, 3.8) is 0 Å². The highest BCUT2D eigenvalue weighted by atomic mass is 35.5. The summed E-state index contributed by atoms with van der Waals surface area (Å²) < 4.78 is 0. The lowest BCUT2D eigenvalue weighted by molar-refractivity contribution is -0.115. The van der Waals surface area contributed by atoms with Crippen molar-refractivity contribution in [2.24, 2.45) is 0 Å². The standard InChI is InChI=1S/C31H28ClN7O2/c1-39(2)16-6-11-28(40)34-22-14-12-20(13-15-22)30(41)35-23-8-5-9-24(18-23)36-31-33-19-25(32)29(38-31)27-17-21-7-3-4-10-26(21)37-27/h3-10,12-19,37H,11H2,1-2H3,(H,34,40)(H,35,41)(H,33,36,38)/b16-6+. The number of para-hydroxylation sites is 1. The highest BCUT2D eigenvalue weighted by Gasteiger charge is 2.12. The van der Waals surface area contributed by atoms with Gasteiger partial charge in [0.1, 0.15) is 5.69 Å². The van der Waals surface area contributed by atoms with Gasteiger partial charge in [0.15, 0.2) is 0 Å². The number of benzene rings is 3. The lowest BCUT2D eigenvalue weighted by atomic mass is 10.2. The van der Waals surface area contributed by atoms with Gasteiger partial charge in [-0.3, -0.25) is 9.59 Å². The molecule has 0 aliphatic carbocycles. The number of H-pyrrole nitrogens is 1. The number of carbonyl (C=O) groups is 2. The van der Waals surface area contributed by atoms with Gasteiger partial charge in [-0.2, -0.15) is 0 Å². The summed E-state index contributed by atoms with van der Waals surface area (Å²) in [5, 5.41) is 10.4. The summed E-state index contributed by atoms with van der Waals surface area (Å²) >= 11 is 6.42. The molecule has 0 atom stereocenters. The topological polar surface area (TPSA) is 115 Å². The monoisotopic (exact) mass is 565 g/mol. The Morgan fingerprint density at radius 2 is 1.71 bits per heavy atom. The average Bonchev–Trinajstić information content (AvgIpc) is 3.39. The second-order valence-corrected chi connectivity index (χ2v) is 9.91. The van der Waals surface area contributed by atoms with Crippen LogP contribution in [0.15, 0.2) is 97.3 Å². The van der Waals surface area contributed by atoms with Gasteiger partial charge in [-0.05, 0) is 60.8 Å². The number of hydrogen-bond donors (Lipinski definition) is 4. The van der Waals surface area contributed by atoms with Crippen molar-refractivity contribution < 1.29 is 9.59 Å². The fraction of sp³-hybridized carbons (Fsp3) is 0.0968. The van der Waals surface area contributed by atoms with Crippen molar-refractivity contribution in [2.75, 3.05) is 30.0 Å². The smallest absolute Gasteiger partial charge is 0.255 e. The van der Waals surface area contributed by atoms with Crippen molar-refractivity contribution in [3.8, 4) is 11.4 Å². The van der Waals surface area contributed by atoms with Crippen LogP contribution in [-0.4, -0.2) is 45.8 Å². The number of carbonyl (C=O) groups excluding carboxylic acids is 2. The molecule has 0 aliphatic heterocycles. The molecule has 5 aromatic rings. The van der Waals surface area contributed by atoms with E-state index in [0.29, 0.717) is 39.3 Å². The molecule has 0 saturated heterocycles. The van der Waals surface area contributed by atoms with Crippen molar-refractivity contribution >= 4 is 57.3 Å². The molecule has 9 nitrogen and oxygen atoms in total. The molecule has 0 spiro atoms. The van der Waals surface area contributed by atoms with Crippen LogP contribution in [0.25, 0.3) is 22.3 Å². The second kappa shape index (κ2) is 12.4. The Labute approximate surface area is 242 Å². The van der Waals surface area contributed by atoms with Gasteiger partial charge < -0.3 is 25.8 Å². The zero-order valence-electron chi connectivity index (χ0n) is 22.5. The van der Waals surface area contributed by atoms with Crippen molar-refractivity contribution in [1.82, 2.24) is 19.9 Å². The largest absolute Gasteiger partial charge is 0.384 e. The quantitative estimate of drug-likeness (QED) is 0.158. The van der Waals surface area contributed by atoms with Gasteiger partial charge in [0, 0.05) is 54.0 Å². The molecule has 2 heterocycles. The number of nitrogens with zero attached hydrogens (tertiary/aromatic N) is 3. The van der Waals surface area contributed by atoms with Gasteiger partial charge >= 0.3 is 0 Å². The first-order chi connectivity index (χ1) is 19.8. The molecule has 2 aromatic heterocycles. The molecule has 5 rings (SSSR count). The Bertz CT molecular complexity index is 1700. The fourth-order valence-corrected chi connectivity index (χ4v) is 4.30. The number of rotatable bonds is 9. The summed E-state index contributed by atoms with van der Waals surface area (Å²) in [6, 6.07) is 23.9. The highest BCUT2D eigenvalue weighted by Crippen LogP contribution is 2.29. The van der Waals surface area contributed by atoms with Gasteiger partial charge in [-0.1, -0.05) is 41.9 Å². The number of halogens is 1. The molecule has 0 radical (unpaired) electrons. The summed E-state index contributed by atoms with van der Waals surface area (Å²) in [6.45, 7) is 0. The molecule has 4 N–H and O–H groups in total. The van der Waals surface area contributed by atoms with E-state index in [9.17, 15) is 9.59 Å². The molecule has 0 bridgehead atoms. The minimum atomic E-state index is -0.280. The first-order valence-corrected chi connectivity index (χ1v) is 13.2. The first-order valence-electron chi connectivity index (χ1n) is 12.9. The number of aromatic nitrogens is 3. The van der Waals surface area contributed by atoms with Crippen LogP contribution < -0.4 is 16.0 Å². The minimum absolute atomic E-state index is 0.136. The second-order valence-electron chi connectivity index (χ2n) is 9.50. The third-order valence-corrected chi connectivity index (χ3v) is 6.32. The van der Waals surface area contributed by atoms with Crippen LogP contribution in [0.5, 0.6) is 0 Å². The molecule has 41 heavy (non-hydrogen) atoms. The Morgan fingerprint density at radius 3 is 2.49 bits per heavy atom. The van der Waals surface area contributed by atoms with Gasteiger partial charge in [-0.15, -0.1) is 0 Å². The molecular weight excluding hydrogens is 538 g/mol. The summed E-state index contributed by atoms with van der Waals surface area (Å²) in [5.74, 6) is -0.0538. The van der Waals surface area contributed by atoms with E-state index >= 15 is 0 Å². The third-order valence-electron chi connectivity index (χ3n) is 6.04. The van der Waals surface area contributed by atoms with E-state index in [-0.39, 0.29) is 18.2 Å². The number of fused-ring (bicyclic) bond motifs is 1. The molecule has 0 fully saturated rings. The molecule has 0 aliphatic rings. The van der Waals surface area contributed by atoms with Crippen LogP contribution in [0.1, 0.15) is 16.8 Å². The maximum atomic E-state index is 12.9. The van der Waals surface area contributed by atoms with Gasteiger partial charge in [0.25, 0.3) is 5.91 Å². The zero-order valence-corrected chi connectivity index (χ0v) is 23.2. The van der Waals surface area contributed by atoms with Crippen LogP contribution in [-0.2, 0) is 4.79 Å². The minimum Gasteiger partial charge on any atom is -0.384 e. The maximum absolute atomic E-state index is 12.9. The Balaban J connectivity index is 1.23. The molecule has 0 unspecified atom stereocenters. The van der Waals surface area contributed by atoms with Crippen molar-refractivity contribution in [3.05, 3.63) is 108 Å². The summed E-state index contributed by atoms with van der Waals surface area (Å²) in [4.78, 5) is 39.1. The predicted octanol–water partition coefficient (Wildman–Crippen LogP) is 6.68. The first kappa shape index (κ1) is 27.4. The van der Waals surface area contributed by atoms with Crippen LogP contribution in [0, 0.1) is 0 Å².